The van der Waals surface area contributed by atoms with Gasteiger partial charge in [-0.15, -0.1) is 0 Å². The Morgan fingerprint density at radius 2 is 1.71 bits per heavy atom. The van der Waals surface area contributed by atoms with Crippen LogP contribution < -0.4 is 0 Å². The number of benzene rings is 1. The third kappa shape index (κ3) is 4.29. The van der Waals surface area contributed by atoms with Crippen LogP contribution in [0.25, 0.3) is 0 Å². The van der Waals surface area contributed by atoms with Crippen LogP contribution in [-0.2, 0) is 6.42 Å². The van der Waals surface area contributed by atoms with E-state index in [1.165, 1.54) is 37.9 Å². The van der Waals surface area contributed by atoms with E-state index in [9.17, 15) is 5.11 Å². The summed E-state index contributed by atoms with van der Waals surface area (Å²) in [7, 11) is 0. The second-order valence-electron chi connectivity index (χ2n) is 6.82. The van der Waals surface area contributed by atoms with Gasteiger partial charge in [0.15, 0.2) is 0 Å². The molecule has 1 atom stereocenters. The molecule has 0 bridgehead atoms. The number of nitrogens with zero attached hydrogens (tertiary/aromatic N) is 2. The van der Waals surface area contributed by atoms with E-state index in [-0.39, 0.29) is 0 Å². The van der Waals surface area contributed by atoms with E-state index in [1.807, 2.05) is 0 Å². The molecule has 0 aromatic heterocycles. The summed E-state index contributed by atoms with van der Waals surface area (Å²) in [5, 5.41) is 10.8. The maximum Gasteiger partial charge on any atom is 0.0912 e. The average Bonchev–Trinajstić information content (AvgIpc) is 2.88. The van der Waals surface area contributed by atoms with Crippen molar-refractivity contribution in [2.75, 3.05) is 39.3 Å². The lowest BCUT2D eigenvalue weighted by Crippen LogP contribution is -2.46. The van der Waals surface area contributed by atoms with Gasteiger partial charge in [0.2, 0.25) is 0 Å². The van der Waals surface area contributed by atoms with Gasteiger partial charge in [-0.1, -0.05) is 36.8 Å². The van der Waals surface area contributed by atoms with Crippen LogP contribution in [-0.4, -0.2) is 59.8 Å². The molecule has 3 nitrogen and oxygen atoms in total. The Morgan fingerprint density at radius 1 is 0.952 bits per heavy atom. The third-order valence-corrected chi connectivity index (χ3v) is 4.94. The summed E-state index contributed by atoms with van der Waals surface area (Å²) in [5.41, 5.74) is 0.914. The fourth-order valence-electron chi connectivity index (χ4n) is 3.73. The molecular formula is C18H28N2O. The molecule has 21 heavy (non-hydrogen) atoms. The first kappa shape index (κ1) is 15.0. The molecule has 0 aliphatic carbocycles. The van der Waals surface area contributed by atoms with Gasteiger partial charge in [0, 0.05) is 26.2 Å². The van der Waals surface area contributed by atoms with Crippen LogP contribution >= 0.6 is 0 Å². The molecule has 116 valence electrons. The molecule has 0 spiro atoms. The molecule has 2 heterocycles. The highest BCUT2D eigenvalue weighted by atomic mass is 16.3. The van der Waals surface area contributed by atoms with Crippen LogP contribution in [0.2, 0.25) is 0 Å². The number of likely N-dealkylation sites (tertiary alicyclic amines) is 2. The van der Waals surface area contributed by atoms with E-state index < -0.39 is 5.60 Å². The van der Waals surface area contributed by atoms with Crippen molar-refractivity contribution in [2.24, 2.45) is 0 Å². The summed E-state index contributed by atoms with van der Waals surface area (Å²) in [5.74, 6) is 0. The van der Waals surface area contributed by atoms with Crippen LogP contribution in [0.5, 0.6) is 0 Å². The Kier molecular flexibility index (Phi) is 4.94. The Morgan fingerprint density at radius 3 is 2.48 bits per heavy atom. The molecular weight excluding hydrogens is 260 g/mol. The van der Waals surface area contributed by atoms with Crippen molar-refractivity contribution >= 4 is 0 Å². The van der Waals surface area contributed by atoms with Gasteiger partial charge >= 0.3 is 0 Å². The highest BCUT2D eigenvalue weighted by Gasteiger charge is 2.37. The minimum atomic E-state index is -0.478. The molecule has 1 N–H and O–H groups in total. The molecule has 1 aromatic carbocycles. The molecule has 0 amide bonds. The second kappa shape index (κ2) is 6.91. The average molecular weight is 288 g/mol. The summed E-state index contributed by atoms with van der Waals surface area (Å²) in [6.07, 6.45) is 5.97. The first-order chi connectivity index (χ1) is 10.2. The first-order valence-corrected chi connectivity index (χ1v) is 8.45. The molecule has 0 unspecified atom stereocenters. The third-order valence-electron chi connectivity index (χ3n) is 4.94. The van der Waals surface area contributed by atoms with Gasteiger partial charge in [-0.25, -0.2) is 0 Å². The maximum atomic E-state index is 10.8. The topological polar surface area (TPSA) is 26.7 Å². The quantitative estimate of drug-likeness (QED) is 0.899. The zero-order valence-corrected chi connectivity index (χ0v) is 13.0. The monoisotopic (exact) mass is 288 g/mol. The van der Waals surface area contributed by atoms with Crippen LogP contribution in [0.1, 0.15) is 31.2 Å². The molecule has 2 fully saturated rings. The predicted octanol–water partition coefficient (Wildman–Crippen LogP) is 2.15. The SMILES string of the molecule is O[C@]1(CN2CCCCC2)CCN(CCc2ccccc2)C1. The minimum Gasteiger partial charge on any atom is -0.387 e. The lowest BCUT2D eigenvalue weighted by molar-refractivity contribution is 0.00699. The molecule has 3 heteroatoms. The standard InChI is InChI=1S/C18H28N2O/c21-18(15-19-11-5-2-6-12-19)10-14-20(16-18)13-9-17-7-3-1-4-8-17/h1,3-4,7-8,21H,2,5-6,9-16H2/t18-/m0/s1. The number of piperidine rings is 1. The van der Waals surface area contributed by atoms with Gasteiger partial charge in [0.05, 0.1) is 5.60 Å². The van der Waals surface area contributed by atoms with Crippen LogP contribution in [0.4, 0.5) is 0 Å². The van der Waals surface area contributed by atoms with E-state index in [1.54, 1.807) is 0 Å². The van der Waals surface area contributed by atoms with Gasteiger partial charge in [0.1, 0.15) is 0 Å². The number of aliphatic hydroxyl groups is 1. The van der Waals surface area contributed by atoms with E-state index in [4.69, 9.17) is 0 Å². The van der Waals surface area contributed by atoms with Gasteiger partial charge in [0.25, 0.3) is 0 Å². The van der Waals surface area contributed by atoms with E-state index >= 15 is 0 Å². The van der Waals surface area contributed by atoms with Crippen LogP contribution in [0.15, 0.2) is 30.3 Å². The summed E-state index contributed by atoms with van der Waals surface area (Å²) in [6, 6.07) is 10.7. The summed E-state index contributed by atoms with van der Waals surface area (Å²) >= 11 is 0. The summed E-state index contributed by atoms with van der Waals surface area (Å²) < 4.78 is 0. The predicted molar refractivity (Wildman–Crippen MR) is 86.4 cm³/mol. The largest absolute Gasteiger partial charge is 0.387 e. The molecule has 2 saturated heterocycles. The van der Waals surface area contributed by atoms with Gasteiger partial charge in [-0.3, -0.25) is 4.90 Å². The summed E-state index contributed by atoms with van der Waals surface area (Å²) in [4.78, 5) is 4.89. The zero-order chi connectivity index (χ0) is 14.5. The molecule has 2 aliphatic heterocycles. The van der Waals surface area contributed by atoms with Gasteiger partial charge in [-0.2, -0.15) is 0 Å². The van der Waals surface area contributed by atoms with Crippen molar-refractivity contribution in [1.29, 1.82) is 0 Å². The molecule has 1 aromatic rings. The molecule has 2 aliphatic rings. The van der Waals surface area contributed by atoms with Crippen molar-refractivity contribution in [3.05, 3.63) is 35.9 Å². The van der Waals surface area contributed by atoms with Gasteiger partial charge < -0.3 is 10.0 Å². The Hall–Kier alpha value is -0.900. The fraction of sp³-hybridized carbons (Fsp3) is 0.667. The van der Waals surface area contributed by atoms with E-state index in [0.29, 0.717) is 0 Å². The Labute approximate surface area is 128 Å². The van der Waals surface area contributed by atoms with Crippen LogP contribution in [0, 0.1) is 0 Å². The van der Waals surface area contributed by atoms with Crippen molar-refractivity contribution < 1.29 is 5.11 Å². The maximum absolute atomic E-state index is 10.8. The number of rotatable bonds is 5. The van der Waals surface area contributed by atoms with Crippen molar-refractivity contribution in [3.63, 3.8) is 0 Å². The minimum absolute atomic E-state index is 0.478. The van der Waals surface area contributed by atoms with E-state index in [0.717, 1.165) is 39.0 Å². The first-order valence-electron chi connectivity index (χ1n) is 8.45. The van der Waals surface area contributed by atoms with E-state index in [2.05, 4.69) is 40.1 Å². The lowest BCUT2D eigenvalue weighted by Gasteiger charge is -2.33. The second-order valence-corrected chi connectivity index (χ2v) is 6.82. The molecule has 0 saturated carbocycles. The molecule has 0 radical (unpaired) electrons. The normalized spacial score (nSPS) is 28.0. The van der Waals surface area contributed by atoms with Crippen molar-refractivity contribution in [3.8, 4) is 0 Å². The number of hydrogen-bond acceptors (Lipinski definition) is 3. The zero-order valence-electron chi connectivity index (χ0n) is 13.0. The Balaban J connectivity index is 1.45. The lowest BCUT2D eigenvalue weighted by atomic mass is 10.0. The van der Waals surface area contributed by atoms with Crippen LogP contribution in [0.3, 0.4) is 0 Å². The highest BCUT2D eigenvalue weighted by molar-refractivity contribution is 5.15. The number of β-amino-alcohol motifs (C(OH)–C–C–N with tert-alkyl or cyclic N) is 1. The van der Waals surface area contributed by atoms with Crippen molar-refractivity contribution in [2.45, 2.75) is 37.7 Å². The highest BCUT2D eigenvalue weighted by Crippen LogP contribution is 2.24. The fourth-order valence-corrected chi connectivity index (χ4v) is 3.73. The van der Waals surface area contributed by atoms with Crippen molar-refractivity contribution in [1.82, 2.24) is 9.80 Å². The smallest absolute Gasteiger partial charge is 0.0912 e. The summed E-state index contributed by atoms with van der Waals surface area (Å²) in [6.45, 7) is 6.16. The van der Waals surface area contributed by atoms with Gasteiger partial charge in [-0.05, 0) is 44.3 Å². The molecule has 3 rings (SSSR count). The number of hydrogen-bond donors (Lipinski definition) is 1. The Bertz CT molecular complexity index is 430.